The van der Waals surface area contributed by atoms with Crippen LogP contribution in [0.1, 0.15) is 19.4 Å². The second-order valence-electron chi connectivity index (χ2n) is 4.20. The zero-order valence-electron chi connectivity index (χ0n) is 12.0. The molecule has 2 rings (SSSR count). The van der Waals surface area contributed by atoms with E-state index < -0.39 is 16.8 Å². The van der Waals surface area contributed by atoms with E-state index in [0.29, 0.717) is 5.76 Å². The van der Waals surface area contributed by atoms with Crippen molar-refractivity contribution in [2.45, 2.75) is 24.3 Å². The third-order valence-corrected chi connectivity index (χ3v) is 3.63. The van der Waals surface area contributed by atoms with Crippen molar-refractivity contribution in [1.29, 1.82) is 5.26 Å². The van der Waals surface area contributed by atoms with E-state index in [1.807, 2.05) is 6.07 Å². The zero-order chi connectivity index (χ0) is 16.1. The van der Waals surface area contributed by atoms with Crippen LogP contribution in [-0.4, -0.2) is 27.8 Å². The molecule has 0 aliphatic rings. The predicted octanol–water partition coefficient (Wildman–Crippen LogP) is 1.95. The molecule has 0 radical (unpaired) electrons. The van der Waals surface area contributed by atoms with E-state index in [4.69, 9.17) is 14.4 Å². The molecule has 0 aromatic carbocycles. The minimum Gasteiger partial charge on any atom is -0.465 e. The molecule has 22 heavy (non-hydrogen) atoms. The Labute approximate surface area is 130 Å². The summed E-state index contributed by atoms with van der Waals surface area (Å²) >= 11 is 1.04. The van der Waals surface area contributed by atoms with E-state index in [9.17, 15) is 9.59 Å². The Morgan fingerprint density at radius 1 is 1.64 bits per heavy atom. The summed E-state index contributed by atoms with van der Waals surface area (Å²) in [5.41, 5.74) is -0.569. The number of hydrogen-bond donors (Lipinski definition) is 1. The van der Waals surface area contributed by atoms with Gasteiger partial charge in [-0.25, -0.2) is 4.98 Å². The van der Waals surface area contributed by atoms with Crippen LogP contribution in [0.4, 0.5) is 0 Å². The molecule has 7 nitrogen and oxygen atoms in total. The topological polar surface area (TPSA) is 109 Å². The number of furan rings is 1. The molecule has 0 amide bonds. The summed E-state index contributed by atoms with van der Waals surface area (Å²) in [5.74, 6) is -0.0904. The highest BCUT2D eigenvalue weighted by atomic mass is 32.2. The molecule has 2 aromatic heterocycles. The Morgan fingerprint density at radius 3 is 3.00 bits per heavy atom. The first-order valence-corrected chi connectivity index (χ1v) is 7.36. The standard InChI is InChI=1S/C14H13N3O4S/c1-3-20-13(19)8(2)22-14-16-11(10-5-4-6-21-10)9(7-15)12(18)17-14/h4-6,8H,3H2,1-2H3,(H,16,17,18). The second-order valence-corrected chi connectivity index (χ2v) is 5.53. The number of H-pyrrole nitrogens is 1. The van der Waals surface area contributed by atoms with Gasteiger partial charge in [0.05, 0.1) is 12.9 Å². The van der Waals surface area contributed by atoms with Crippen molar-refractivity contribution in [2.24, 2.45) is 0 Å². The third kappa shape index (κ3) is 3.38. The summed E-state index contributed by atoms with van der Waals surface area (Å²) in [6.07, 6.45) is 1.42. The molecule has 8 heteroatoms. The smallest absolute Gasteiger partial charge is 0.319 e. The van der Waals surface area contributed by atoms with E-state index in [0.717, 1.165) is 11.8 Å². The number of carbonyl (C=O) groups excluding carboxylic acids is 1. The first-order chi connectivity index (χ1) is 10.6. The van der Waals surface area contributed by atoms with Crippen LogP contribution in [0.15, 0.2) is 32.8 Å². The zero-order valence-corrected chi connectivity index (χ0v) is 12.8. The lowest BCUT2D eigenvalue weighted by atomic mass is 10.2. The number of hydrogen-bond acceptors (Lipinski definition) is 7. The van der Waals surface area contributed by atoms with Crippen molar-refractivity contribution in [2.75, 3.05) is 6.61 Å². The fourth-order valence-corrected chi connectivity index (χ4v) is 2.47. The molecule has 2 heterocycles. The fourth-order valence-electron chi connectivity index (χ4n) is 1.68. The summed E-state index contributed by atoms with van der Waals surface area (Å²) < 4.78 is 10.1. The Bertz CT molecular complexity index is 761. The number of esters is 1. The van der Waals surface area contributed by atoms with Crippen molar-refractivity contribution >= 4 is 17.7 Å². The summed E-state index contributed by atoms with van der Waals surface area (Å²) in [5, 5.41) is 8.77. The van der Waals surface area contributed by atoms with Crippen LogP contribution in [0.25, 0.3) is 11.5 Å². The summed E-state index contributed by atoms with van der Waals surface area (Å²) in [4.78, 5) is 30.3. The van der Waals surface area contributed by atoms with Gasteiger partial charge in [0.1, 0.15) is 22.6 Å². The van der Waals surface area contributed by atoms with Crippen LogP contribution in [-0.2, 0) is 9.53 Å². The molecular weight excluding hydrogens is 306 g/mol. The van der Waals surface area contributed by atoms with Crippen molar-refractivity contribution in [1.82, 2.24) is 9.97 Å². The molecule has 114 valence electrons. The first-order valence-electron chi connectivity index (χ1n) is 6.48. The van der Waals surface area contributed by atoms with Crippen LogP contribution in [0.5, 0.6) is 0 Å². The molecule has 1 unspecified atom stereocenters. The van der Waals surface area contributed by atoms with Crippen LogP contribution in [0, 0.1) is 11.3 Å². The van der Waals surface area contributed by atoms with Gasteiger partial charge in [-0.15, -0.1) is 0 Å². The van der Waals surface area contributed by atoms with E-state index >= 15 is 0 Å². The van der Waals surface area contributed by atoms with Crippen molar-refractivity contribution < 1.29 is 13.9 Å². The van der Waals surface area contributed by atoms with Gasteiger partial charge in [0.25, 0.3) is 5.56 Å². The minimum atomic E-state index is -0.581. The monoisotopic (exact) mass is 319 g/mol. The second kappa shape index (κ2) is 6.95. The molecular formula is C14H13N3O4S. The van der Waals surface area contributed by atoms with Crippen LogP contribution in [0.2, 0.25) is 0 Å². The molecule has 0 aliphatic carbocycles. The largest absolute Gasteiger partial charge is 0.465 e. The summed E-state index contributed by atoms with van der Waals surface area (Å²) in [7, 11) is 0. The molecule has 0 saturated carbocycles. The van der Waals surface area contributed by atoms with E-state index in [-0.39, 0.29) is 23.0 Å². The van der Waals surface area contributed by atoms with Gasteiger partial charge in [-0.2, -0.15) is 5.26 Å². The Hall–Kier alpha value is -2.53. The first kappa shape index (κ1) is 15.9. The van der Waals surface area contributed by atoms with Crippen LogP contribution in [0.3, 0.4) is 0 Å². The van der Waals surface area contributed by atoms with Gasteiger partial charge in [0.2, 0.25) is 0 Å². The van der Waals surface area contributed by atoms with E-state index in [2.05, 4.69) is 9.97 Å². The molecule has 1 N–H and O–H groups in total. The molecule has 0 aliphatic heterocycles. The van der Waals surface area contributed by atoms with Gasteiger partial charge in [-0.3, -0.25) is 9.59 Å². The Balaban J connectivity index is 2.37. The van der Waals surface area contributed by atoms with Gasteiger partial charge >= 0.3 is 5.97 Å². The lowest BCUT2D eigenvalue weighted by Crippen LogP contribution is -2.19. The molecule has 0 saturated heterocycles. The Morgan fingerprint density at radius 2 is 2.41 bits per heavy atom. The molecule has 0 spiro atoms. The summed E-state index contributed by atoms with van der Waals surface area (Å²) in [6.45, 7) is 3.64. The number of ether oxygens (including phenoxy) is 1. The van der Waals surface area contributed by atoms with Crippen molar-refractivity contribution in [3.05, 3.63) is 34.3 Å². The maximum atomic E-state index is 12.0. The molecule has 0 fully saturated rings. The van der Waals surface area contributed by atoms with E-state index in [1.165, 1.54) is 6.26 Å². The van der Waals surface area contributed by atoms with Gasteiger partial charge < -0.3 is 14.1 Å². The van der Waals surface area contributed by atoms with E-state index in [1.54, 1.807) is 26.0 Å². The predicted molar refractivity (Wildman–Crippen MR) is 79.2 cm³/mol. The number of thioether (sulfide) groups is 1. The van der Waals surface area contributed by atoms with Crippen molar-refractivity contribution in [3.8, 4) is 17.5 Å². The lowest BCUT2D eigenvalue weighted by molar-refractivity contribution is -0.142. The molecule has 1 atom stereocenters. The number of nitrogens with zero attached hydrogens (tertiary/aromatic N) is 2. The number of carbonyl (C=O) groups is 1. The van der Waals surface area contributed by atoms with Crippen LogP contribution >= 0.6 is 11.8 Å². The number of aromatic amines is 1. The van der Waals surface area contributed by atoms with Gasteiger partial charge in [0, 0.05) is 0 Å². The number of nitriles is 1. The molecule has 2 aromatic rings. The highest BCUT2D eigenvalue weighted by molar-refractivity contribution is 8.00. The minimum absolute atomic E-state index is 0.136. The number of nitrogens with one attached hydrogen (secondary N) is 1. The number of rotatable bonds is 5. The highest BCUT2D eigenvalue weighted by Crippen LogP contribution is 2.24. The van der Waals surface area contributed by atoms with Gasteiger partial charge in [-0.05, 0) is 26.0 Å². The quantitative estimate of drug-likeness (QED) is 0.509. The average molecular weight is 319 g/mol. The Kier molecular flexibility index (Phi) is 5.01. The normalized spacial score (nSPS) is 11.7. The highest BCUT2D eigenvalue weighted by Gasteiger charge is 2.20. The summed E-state index contributed by atoms with van der Waals surface area (Å²) in [6, 6.07) is 5.04. The average Bonchev–Trinajstić information content (AvgIpc) is 3.01. The van der Waals surface area contributed by atoms with Gasteiger partial charge in [-0.1, -0.05) is 11.8 Å². The maximum Gasteiger partial charge on any atom is 0.319 e. The van der Waals surface area contributed by atoms with Crippen LogP contribution < -0.4 is 5.56 Å². The molecule has 0 bridgehead atoms. The SMILES string of the molecule is CCOC(=O)C(C)Sc1nc(-c2ccco2)c(C#N)c(=O)[nH]1. The van der Waals surface area contributed by atoms with Crippen molar-refractivity contribution in [3.63, 3.8) is 0 Å². The number of aromatic nitrogens is 2. The fraction of sp³-hybridized carbons (Fsp3) is 0.286. The third-order valence-electron chi connectivity index (χ3n) is 2.67. The maximum absolute atomic E-state index is 12.0. The lowest BCUT2D eigenvalue weighted by Gasteiger charge is -2.10. The van der Waals surface area contributed by atoms with Gasteiger partial charge in [0.15, 0.2) is 10.9 Å².